The quantitative estimate of drug-likeness (QED) is 0.918. The number of ether oxygens (including phenoxy) is 1. The van der Waals surface area contributed by atoms with Crippen LogP contribution in [-0.2, 0) is 17.6 Å². The van der Waals surface area contributed by atoms with E-state index in [2.05, 4.69) is 46.1 Å². The number of hydrogen-bond acceptors (Lipinski definition) is 3. The van der Waals surface area contributed by atoms with Crippen molar-refractivity contribution in [1.82, 2.24) is 14.9 Å². The number of benzene rings is 1. The smallest absolute Gasteiger partial charge is 0.407 e. The van der Waals surface area contributed by atoms with Crippen molar-refractivity contribution < 1.29 is 9.53 Å². The highest BCUT2D eigenvalue weighted by Crippen LogP contribution is 2.14. The maximum atomic E-state index is 11.7. The van der Waals surface area contributed by atoms with Gasteiger partial charge in [0, 0.05) is 30.5 Å². The van der Waals surface area contributed by atoms with E-state index in [1.807, 2.05) is 27.0 Å². The standard InChI is InChI=1S/C18H25N3O2/c1-5-14-7-6-8-15(11-14)21-13-19-12-16(21)9-10-20-17(22)23-18(2,3)4/h6-8,11-13H,5,9-10H2,1-4H3,(H,20,22). The molecule has 2 rings (SSSR count). The molecular formula is C18H25N3O2. The molecule has 5 heteroatoms. The first-order chi connectivity index (χ1) is 10.9. The normalized spacial score (nSPS) is 11.3. The molecule has 1 N–H and O–H groups in total. The topological polar surface area (TPSA) is 56.2 Å². The molecule has 0 radical (unpaired) electrons. The average Bonchev–Trinajstić information content (AvgIpc) is 2.94. The molecule has 23 heavy (non-hydrogen) atoms. The summed E-state index contributed by atoms with van der Waals surface area (Å²) in [4.78, 5) is 15.9. The number of rotatable bonds is 5. The van der Waals surface area contributed by atoms with E-state index in [0.717, 1.165) is 17.8 Å². The lowest BCUT2D eigenvalue weighted by Gasteiger charge is -2.19. The lowest BCUT2D eigenvalue weighted by atomic mass is 10.1. The van der Waals surface area contributed by atoms with E-state index in [1.165, 1.54) is 5.56 Å². The minimum absolute atomic E-state index is 0.392. The lowest BCUT2D eigenvalue weighted by Crippen LogP contribution is -2.33. The van der Waals surface area contributed by atoms with Gasteiger partial charge in [-0.15, -0.1) is 0 Å². The second-order valence-corrected chi connectivity index (χ2v) is 6.46. The molecule has 0 saturated carbocycles. The maximum absolute atomic E-state index is 11.7. The van der Waals surface area contributed by atoms with Gasteiger partial charge < -0.3 is 14.6 Å². The van der Waals surface area contributed by atoms with Crippen LogP contribution in [0, 0.1) is 0 Å². The molecule has 0 saturated heterocycles. The van der Waals surface area contributed by atoms with Crippen LogP contribution < -0.4 is 5.32 Å². The van der Waals surface area contributed by atoms with Crippen molar-refractivity contribution in [3.05, 3.63) is 48.0 Å². The van der Waals surface area contributed by atoms with Gasteiger partial charge in [0.05, 0.1) is 6.33 Å². The Morgan fingerprint density at radius 2 is 2.13 bits per heavy atom. The van der Waals surface area contributed by atoms with Gasteiger partial charge in [-0.25, -0.2) is 9.78 Å². The molecule has 0 aliphatic rings. The molecule has 124 valence electrons. The zero-order chi connectivity index (χ0) is 16.9. The molecule has 0 unspecified atom stereocenters. The van der Waals surface area contributed by atoms with Crippen molar-refractivity contribution in [3.8, 4) is 5.69 Å². The molecule has 0 aliphatic carbocycles. The van der Waals surface area contributed by atoms with Crippen LogP contribution in [0.5, 0.6) is 0 Å². The van der Waals surface area contributed by atoms with Gasteiger partial charge in [0.1, 0.15) is 5.60 Å². The number of amides is 1. The highest BCUT2D eigenvalue weighted by molar-refractivity contribution is 5.67. The van der Waals surface area contributed by atoms with Crippen LogP contribution in [0.2, 0.25) is 0 Å². The van der Waals surface area contributed by atoms with Gasteiger partial charge in [0.15, 0.2) is 0 Å². The number of carbonyl (C=O) groups excluding carboxylic acids is 1. The van der Waals surface area contributed by atoms with Crippen LogP contribution in [0.15, 0.2) is 36.8 Å². The molecule has 5 nitrogen and oxygen atoms in total. The van der Waals surface area contributed by atoms with Gasteiger partial charge in [0.25, 0.3) is 0 Å². The number of imidazole rings is 1. The van der Waals surface area contributed by atoms with Crippen LogP contribution in [0.3, 0.4) is 0 Å². The second kappa shape index (κ2) is 7.31. The number of nitrogens with zero attached hydrogens (tertiary/aromatic N) is 2. The Kier molecular flexibility index (Phi) is 5.42. The van der Waals surface area contributed by atoms with Gasteiger partial charge in [-0.05, 0) is 44.9 Å². The second-order valence-electron chi connectivity index (χ2n) is 6.46. The third-order valence-corrected chi connectivity index (χ3v) is 3.36. The maximum Gasteiger partial charge on any atom is 0.407 e. The first-order valence-electron chi connectivity index (χ1n) is 7.96. The third-order valence-electron chi connectivity index (χ3n) is 3.36. The van der Waals surface area contributed by atoms with Crippen LogP contribution in [0.1, 0.15) is 39.0 Å². The molecule has 1 aromatic carbocycles. The van der Waals surface area contributed by atoms with E-state index in [4.69, 9.17) is 4.74 Å². The first-order valence-corrected chi connectivity index (χ1v) is 7.96. The van der Waals surface area contributed by atoms with Crippen LogP contribution in [0.25, 0.3) is 5.69 Å². The number of nitrogens with one attached hydrogen (secondary N) is 1. The summed E-state index contributed by atoms with van der Waals surface area (Å²) in [5.74, 6) is 0. The monoisotopic (exact) mass is 315 g/mol. The Morgan fingerprint density at radius 1 is 1.35 bits per heavy atom. The molecule has 1 heterocycles. The minimum Gasteiger partial charge on any atom is -0.444 e. The Bertz CT molecular complexity index is 656. The van der Waals surface area contributed by atoms with Crippen molar-refractivity contribution in [2.24, 2.45) is 0 Å². The summed E-state index contributed by atoms with van der Waals surface area (Å²) < 4.78 is 7.28. The van der Waals surface area contributed by atoms with E-state index < -0.39 is 11.7 Å². The third kappa shape index (κ3) is 5.13. The number of alkyl carbamates (subject to hydrolysis) is 1. The summed E-state index contributed by atoms with van der Waals surface area (Å²) in [6.07, 6.45) is 4.93. The zero-order valence-electron chi connectivity index (χ0n) is 14.3. The number of hydrogen-bond donors (Lipinski definition) is 1. The van der Waals surface area contributed by atoms with Crippen molar-refractivity contribution in [2.75, 3.05) is 6.54 Å². The highest BCUT2D eigenvalue weighted by atomic mass is 16.6. The number of carbonyl (C=O) groups is 1. The molecule has 2 aromatic rings. The van der Waals surface area contributed by atoms with Gasteiger partial charge >= 0.3 is 6.09 Å². The highest BCUT2D eigenvalue weighted by Gasteiger charge is 2.15. The molecule has 0 atom stereocenters. The molecule has 1 amide bonds. The summed E-state index contributed by atoms with van der Waals surface area (Å²) in [6, 6.07) is 8.39. The molecule has 0 spiro atoms. The fourth-order valence-corrected chi connectivity index (χ4v) is 2.27. The predicted octanol–water partition coefficient (Wildman–Crippen LogP) is 3.50. The lowest BCUT2D eigenvalue weighted by molar-refractivity contribution is 0.0528. The van der Waals surface area contributed by atoms with E-state index in [1.54, 1.807) is 6.33 Å². The number of aromatic nitrogens is 2. The van der Waals surface area contributed by atoms with Crippen molar-refractivity contribution in [3.63, 3.8) is 0 Å². The largest absolute Gasteiger partial charge is 0.444 e. The van der Waals surface area contributed by atoms with Crippen LogP contribution in [0.4, 0.5) is 4.79 Å². The van der Waals surface area contributed by atoms with Crippen molar-refractivity contribution >= 4 is 6.09 Å². The molecular weight excluding hydrogens is 290 g/mol. The van der Waals surface area contributed by atoms with Gasteiger partial charge in [0.2, 0.25) is 0 Å². The number of aryl methyl sites for hydroxylation is 1. The molecule has 0 bridgehead atoms. The predicted molar refractivity (Wildman–Crippen MR) is 90.9 cm³/mol. The van der Waals surface area contributed by atoms with E-state index in [-0.39, 0.29) is 0 Å². The molecule has 1 aromatic heterocycles. The Morgan fingerprint density at radius 3 is 2.83 bits per heavy atom. The summed E-state index contributed by atoms with van der Waals surface area (Å²) in [5.41, 5.74) is 2.95. The first kappa shape index (κ1) is 17.1. The Labute approximate surface area is 137 Å². The Hall–Kier alpha value is -2.30. The molecule has 0 aliphatic heterocycles. The van der Waals surface area contributed by atoms with E-state index in [9.17, 15) is 4.79 Å². The van der Waals surface area contributed by atoms with E-state index in [0.29, 0.717) is 13.0 Å². The van der Waals surface area contributed by atoms with Gasteiger partial charge in [-0.3, -0.25) is 0 Å². The summed E-state index contributed by atoms with van der Waals surface area (Å²) >= 11 is 0. The molecule has 0 fully saturated rings. The minimum atomic E-state index is -0.480. The van der Waals surface area contributed by atoms with Crippen molar-refractivity contribution in [1.29, 1.82) is 0 Å². The SMILES string of the molecule is CCc1cccc(-n2cncc2CCNC(=O)OC(C)(C)C)c1. The zero-order valence-corrected chi connectivity index (χ0v) is 14.3. The van der Waals surface area contributed by atoms with Crippen LogP contribution >= 0.6 is 0 Å². The fraction of sp³-hybridized carbons (Fsp3) is 0.444. The average molecular weight is 315 g/mol. The van der Waals surface area contributed by atoms with Crippen LogP contribution in [-0.4, -0.2) is 27.8 Å². The summed E-state index contributed by atoms with van der Waals surface area (Å²) in [7, 11) is 0. The van der Waals surface area contributed by atoms with Gasteiger partial charge in [-0.2, -0.15) is 0 Å². The van der Waals surface area contributed by atoms with Gasteiger partial charge in [-0.1, -0.05) is 19.1 Å². The van der Waals surface area contributed by atoms with Crippen molar-refractivity contribution in [2.45, 2.75) is 46.1 Å². The summed E-state index contributed by atoms with van der Waals surface area (Å²) in [6.45, 7) is 8.19. The van der Waals surface area contributed by atoms with E-state index >= 15 is 0 Å². The Balaban J connectivity index is 1.97. The summed E-state index contributed by atoms with van der Waals surface area (Å²) in [5, 5.41) is 2.78. The fourth-order valence-electron chi connectivity index (χ4n) is 2.27.